The summed E-state index contributed by atoms with van der Waals surface area (Å²) in [6.07, 6.45) is 6.28. The third-order valence-corrected chi connectivity index (χ3v) is 8.13. The van der Waals surface area contributed by atoms with Crippen molar-refractivity contribution < 1.29 is 13.6 Å². The van der Waals surface area contributed by atoms with Gasteiger partial charge >= 0.3 is 0 Å². The molecule has 4 nitrogen and oxygen atoms in total. The predicted octanol–water partition coefficient (Wildman–Crippen LogP) is 8.35. The Morgan fingerprint density at radius 1 is 0.886 bits per heavy atom. The zero-order chi connectivity index (χ0) is 31.2. The molecule has 1 N–H and O–H groups in total. The van der Waals surface area contributed by atoms with Gasteiger partial charge in [-0.05, 0) is 91.7 Å². The number of hydrogen-bond donors (Lipinski definition) is 1. The van der Waals surface area contributed by atoms with Gasteiger partial charge in [0.15, 0.2) is 0 Å². The summed E-state index contributed by atoms with van der Waals surface area (Å²) in [6, 6.07) is 28.7. The predicted molar refractivity (Wildman–Crippen MR) is 173 cm³/mol. The first-order chi connectivity index (χ1) is 21.3. The van der Waals surface area contributed by atoms with E-state index in [0.717, 1.165) is 34.9 Å². The van der Waals surface area contributed by atoms with Crippen LogP contribution in [-0.4, -0.2) is 34.2 Å². The first-order valence-electron chi connectivity index (χ1n) is 14.7. The summed E-state index contributed by atoms with van der Waals surface area (Å²) >= 11 is 0. The lowest BCUT2D eigenvalue weighted by Gasteiger charge is -2.33. The number of carbonyl (C=O) groups excluding carboxylic acids is 1. The SMILES string of the molecule is C#CC.Cc1cc(C(=O)N2CCC(c3cc4ccccc4n3Cc3cccc(F)c3)CC2)ccc1C(=N)c1cccc(F)c1. The summed E-state index contributed by atoms with van der Waals surface area (Å²) < 4.78 is 29.9. The highest BCUT2D eigenvalue weighted by Gasteiger charge is 2.27. The molecule has 4 aromatic carbocycles. The monoisotopic (exact) mass is 587 g/mol. The third kappa shape index (κ3) is 6.63. The lowest BCUT2D eigenvalue weighted by atomic mass is 9.92. The molecule has 6 heteroatoms. The number of benzene rings is 4. The molecular formula is C38H35F2N3O. The van der Waals surface area contributed by atoms with Gasteiger partial charge in [0.05, 0.1) is 5.71 Å². The van der Waals surface area contributed by atoms with Crippen LogP contribution in [0.5, 0.6) is 0 Å². The average molecular weight is 588 g/mol. The molecule has 1 aliphatic rings. The lowest BCUT2D eigenvalue weighted by Crippen LogP contribution is -2.38. The molecule has 44 heavy (non-hydrogen) atoms. The molecule has 0 radical (unpaired) electrons. The zero-order valence-electron chi connectivity index (χ0n) is 25.0. The number of terminal acetylenes is 1. The Hall–Kier alpha value is -5.02. The molecule has 1 fully saturated rings. The molecule has 6 rings (SSSR count). The minimum absolute atomic E-state index is 0.0179. The van der Waals surface area contributed by atoms with Gasteiger partial charge in [-0.3, -0.25) is 10.2 Å². The maximum absolute atomic E-state index is 13.9. The van der Waals surface area contributed by atoms with Gasteiger partial charge in [-0.2, -0.15) is 0 Å². The van der Waals surface area contributed by atoms with Crippen molar-refractivity contribution in [3.8, 4) is 12.3 Å². The van der Waals surface area contributed by atoms with Crippen LogP contribution in [0.3, 0.4) is 0 Å². The largest absolute Gasteiger partial charge is 0.340 e. The van der Waals surface area contributed by atoms with E-state index in [-0.39, 0.29) is 29.2 Å². The van der Waals surface area contributed by atoms with E-state index in [2.05, 4.69) is 35.1 Å². The van der Waals surface area contributed by atoms with E-state index in [4.69, 9.17) is 5.41 Å². The quantitative estimate of drug-likeness (QED) is 0.158. The highest BCUT2D eigenvalue weighted by Crippen LogP contribution is 2.34. The van der Waals surface area contributed by atoms with Crippen LogP contribution in [0.15, 0.2) is 97.1 Å². The maximum atomic E-state index is 13.9. The summed E-state index contributed by atoms with van der Waals surface area (Å²) in [6.45, 7) is 5.41. The molecule has 222 valence electrons. The number of hydrogen-bond acceptors (Lipinski definition) is 2. The van der Waals surface area contributed by atoms with Crippen molar-refractivity contribution in [3.63, 3.8) is 0 Å². The van der Waals surface area contributed by atoms with E-state index in [1.54, 1.807) is 43.3 Å². The van der Waals surface area contributed by atoms with Gasteiger partial charge in [0, 0.05) is 53.5 Å². The minimum atomic E-state index is -0.380. The molecule has 2 heterocycles. The molecule has 1 aromatic heterocycles. The van der Waals surface area contributed by atoms with E-state index in [1.807, 2.05) is 36.1 Å². The lowest BCUT2D eigenvalue weighted by molar-refractivity contribution is 0.0711. The van der Waals surface area contributed by atoms with E-state index < -0.39 is 0 Å². The maximum Gasteiger partial charge on any atom is 0.253 e. The van der Waals surface area contributed by atoms with Crippen molar-refractivity contribution >= 4 is 22.5 Å². The normalized spacial score (nSPS) is 13.2. The van der Waals surface area contributed by atoms with Gasteiger partial charge in [-0.1, -0.05) is 48.5 Å². The molecule has 1 amide bonds. The molecule has 1 aliphatic heterocycles. The van der Waals surface area contributed by atoms with Crippen molar-refractivity contribution in [3.05, 3.63) is 142 Å². The second-order valence-electron chi connectivity index (χ2n) is 11.1. The fraction of sp³-hybridized carbons (Fsp3) is 0.211. The first-order valence-corrected chi connectivity index (χ1v) is 14.7. The Balaban J connectivity index is 0.00000123. The molecule has 1 saturated heterocycles. The smallest absolute Gasteiger partial charge is 0.253 e. The highest BCUT2D eigenvalue weighted by atomic mass is 19.1. The number of nitrogens with zero attached hydrogens (tertiary/aromatic N) is 2. The number of aromatic nitrogens is 1. The van der Waals surface area contributed by atoms with Gasteiger partial charge in [0.25, 0.3) is 5.91 Å². The number of carbonyl (C=O) groups is 1. The summed E-state index contributed by atoms with van der Waals surface area (Å²) in [5, 5.41) is 9.71. The Bertz CT molecular complexity index is 1860. The van der Waals surface area contributed by atoms with E-state index in [9.17, 15) is 13.6 Å². The minimum Gasteiger partial charge on any atom is -0.340 e. The molecule has 0 bridgehead atoms. The number of fused-ring (bicyclic) bond motifs is 1. The van der Waals surface area contributed by atoms with Crippen LogP contribution in [-0.2, 0) is 6.54 Å². The highest BCUT2D eigenvalue weighted by molar-refractivity contribution is 6.12. The number of likely N-dealkylation sites (tertiary alicyclic amines) is 1. The van der Waals surface area contributed by atoms with Crippen molar-refractivity contribution in [1.82, 2.24) is 9.47 Å². The van der Waals surface area contributed by atoms with Crippen molar-refractivity contribution in [2.45, 2.75) is 39.2 Å². The Morgan fingerprint density at radius 3 is 2.25 bits per heavy atom. The second-order valence-corrected chi connectivity index (χ2v) is 11.1. The molecule has 0 aliphatic carbocycles. The Labute approximate surface area is 257 Å². The second kappa shape index (κ2) is 13.5. The van der Waals surface area contributed by atoms with Crippen LogP contribution < -0.4 is 0 Å². The van der Waals surface area contributed by atoms with E-state index >= 15 is 0 Å². The number of amides is 1. The van der Waals surface area contributed by atoms with Crippen LogP contribution in [0, 0.1) is 36.3 Å². The summed E-state index contributed by atoms with van der Waals surface area (Å²) in [5.74, 6) is 1.90. The van der Waals surface area contributed by atoms with E-state index in [1.165, 1.54) is 23.9 Å². The topological polar surface area (TPSA) is 49.1 Å². The number of aryl methyl sites for hydroxylation is 1. The zero-order valence-corrected chi connectivity index (χ0v) is 25.0. The van der Waals surface area contributed by atoms with Gasteiger partial charge in [-0.15, -0.1) is 12.3 Å². The van der Waals surface area contributed by atoms with Crippen molar-refractivity contribution in [1.29, 1.82) is 5.41 Å². The van der Waals surface area contributed by atoms with Crippen molar-refractivity contribution in [2.75, 3.05) is 13.1 Å². The number of rotatable bonds is 6. The third-order valence-electron chi connectivity index (χ3n) is 8.13. The molecule has 0 atom stereocenters. The number of piperidine rings is 1. The van der Waals surface area contributed by atoms with Crippen LogP contribution >= 0.6 is 0 Å². The van der Waals surface area contributed by atoms with Crippen LogP contribution in [0.25, 0.3) is 10.9 Å². The summed E-state index contributed by atoms with van der Waals surface area (Å²) in [7, 11) is 0. The van der Waals surface area contributed by atoms with Gasteiger partial charge in [0.1, 0.15) is 11.6 Å². The molecule has 0 unspecified atom stereocenters. The fourth-order valence-electron chi connectivity index (χ4n) is 6.00. The number of halogens is 2. The summed E-state index contributed by atoms with van der Waals surface area (Å²) in [5.41, 5.74) is 6.09. The van der Waals surface area contributed by atoms with Gasteiger partial charge in [-0.25, -0.2) is 8.78 Å². The molecule has 0 saturated carbocycles. The standard InChI is InChI=1S/C35H31F2N3O.C3H4/c1-23-18-28(12-13-31(23)34(38)27-8-5-10-30(37)20-27)35(41)39-16-14-25(15-17-39)33-21-26-7-2-3-11-32(26)40(33)22-24-6-4-9-29(36)19-24;1-3-2/h2-13,18-21,25,38H,14-17,22H2,1H3;1H,2H3. The summed E-state index contributed by atoms with van der Waals surface area (Å²) in [4.78, 5) is 15.4. The van der Waals surface area contributed by atoms with Crippen LogP contribution in [0.2, 0.25) is 0 Å². The van der Waals surface area contributed by atoms with E-state index in [0.29, 0.717) is 36.3 Å². The van der Waals surface area contributed by atoms with Crippen LogP contribution in [0.4, 0.5) is 8.78 Å². The van der Waals surface area contributed by atoms with Gasteiger partial charge in [0.2, 0.25) is 0 Å². The van der Waals surface area contributed by atoms with Gasteiger partial charge < -0.3 is 9.47 Å². The average Bonchev–Trinajstić information content (AvgIpc) is 3.39. The molecular weight excluding hydrogens is 552 g/mol. The number of para-hydroxylation sites is 1. The fourth-order valence-corrected chi connectivity index (χ4v) is 6.00. The molecule has 0 spiro atoms. The van der Waals surface area contributed by atoms with Crippen molar-refractivity contribution in [2.24, 2.45) is 0 Å². The van der Waals surface area contributed by atoms with Crippen LogP contribution in [0.1, 0.15) is 64.0 Å². The first kappa shape index (κ1) is 30.4. The Kier molecular flexibility index (Phi) is 9.35. The Morgan fingerprint density at radius 2 is 1.57 bits per heavy atom. The number of nitrogens with one attached hydrogen (secondary N) is 1. The molecule has 5 aromatic rings.